The number of unbranched alkanes of at least 4 members (excludes halogenated alkanes) is 1. The van der Waals surface area contributed by atoms with Crippen molar-refractivity contribution in [1.29, 1.82) is 0 Å². The van der Waals surface area contributed by atoms with E-state index in [0.717, 1.165) is 6.42 Å². The van der Waals surface area contributed by atoms with Crippen LogP contribution in [0.5, 0.6) is 5.75 Å². The number of benzene rings is 1. The van der Waals surface area contributed by atoms with Crippen LogP contribution >= 0.6 is 0 Å². The maximum Gasteiger partial charge on any atom is 0.274 e. The third kappa shape index (κ3) is 4.73. The van der Waals surface area contributed by atoms with Gasteiger partial charge in [-0.15, -0.1) is 0 Å². The number of amides is 3. The SMILES string of the molecule is CCCCOc1c2n(cc(C(=O)NCc3c(F)cc(F)cc3F)c1=O)[C@@H]1CN(C2=O)[C@@H](C)CC[C@@]12CNC(=O)C2. The van der Waals surface area contributed by atoms with Gasteiger partial charge in [0.05, 0.1) is 12.6 Å². The fourth-order valence-electron chi connectivity index (χ4n) is 5.99. The average molecular weight is 561 g/mol. The van der Waals surface area contributed by atoms with E-state index in [1.807, 2.05) is 13.8 Å². The standard InChI is InChI=1S/C28H31F3N4O5/c1-3-4-7-40-25-23-27(39)34-13-21(28(6-5-15(34)2)10-22(36)33-14-28)35(23)12-18(24(25)37)26(38)32-11-17-19(30)8-16(29)9-20(17)31/h8-9,12,15,21H,3-7,10-11,13-14H2,1-2H3,(H,32,38)(H,33,36)/t15-,21+,28+/m0/s1. The topological polar surface area (TPSA) is 110 Å². The Morgan fingerprint density at radius 3 is 2.58 bits per heavy atom. The molecule has 2 fully saturated rings. The third-order valence-corrected chi connectivity index (χ3v) is 8.33. The van der Waals surface area contributed by atoms with Crippen LogP contribution in [0.1, 0.15) is 78.4 Å². The molecular formula is C28H31F3N4O5. The largest absolute Gasteiger partial charge is 0.487 e. The van der Waals surface area contributed by atoms with E-state index in [4.69, 9.17) is 4.74 Å². The van der Waals surface area contributed by atoms with Crippen LogP contribution in [0.4, 0.5) is 13.2 Å². The lowest BCUT2D eigenvalue weighted by atomic mass is 9.75. The van der Waals surface area contributed by atoms with Gasteiger partial charge in [0.1, 0.15) is 23.0 Å². The number of ether oxygens (including phenoxy) is 1. The smallest absolute Gasteiger partial charge is 0.274 e. The maximum absolute atomic E-state index is 14.2. The number of pyridine rings is 1. The minimum atomic E-state index is -1.18. The van der Waals surface area contributed by atoms with Gasteiger partial charge in [0, 0.05) is 61.4 Å². The van der Waals surface area contributed by atoms with Crippen LogP contribution in [0, 0.1) is 22.9 Å². The van der Waals surface area contributed by atoms with Gasteiger partial charge in [-0.3, -0.25) is 19.2 Å². The fourth-order valence-corrected chi connectivity index (χ4v) is 5.99. The van der Waals surface area contributed by atoms with Crippen LogP contribution in [0.2, 0.25) is 0 Å². The van der Waals surface area contributed by atoms with E-state index in [1.165, 1.54) is 6.20 Å². The first kappa shape index (κ1) is 27.7. The van der Waals surface area contributed by atoms with Gasteiger partial charge in [0.25, 0.3) is 11.8 Å². The number of nitrogens with one attached hydrogen (secondary N) is 2. The van der Waals surface area contributed by atoms with Crippen LogP contribution in [0.25, 0.3) is 0 Å². The van der Waals surface area contributed by atoms with Crippen molar-refractivity contribution in [2.45, 2.75) is 64.6 Å². The quantitative estimate of drug-likeness (QED) is 0.506. The Morgan fingerprint density at radius 1 is 1.20 bits per heavy atom. The zero-order chi connectivity index (χ0) is 28.8. The summed E-state index contributed by atoms with van der Waals surface area (Å²) in [7, 11) is 0. The molecule has 3 aliphatic heterocycles. The molecule has 2 saturated heterocycles. The number of nitrogens with zero attached hydrogens (tertiary/aromatic N) is 2. The predicted molar refractivity (Wildman–Crippen MR) is 137 cm³/mol. The van der Waals surface area contributed by atoms with Crippen molar-refractivity contribution in [3.63, 3.8) is 0 Å². The van der Waals surface area contributed by atoms with E-state index in [-0.39, 0.29) is 48.5 Å². The van der Waals surface area contributed by atoms with Gasteiger partial charge in [-0.1, -0.05) is 13.3 Å². The highest BCUT2D eigenvalue weighted by Crippen LogP contribution is 2.48. The summed E-state index contributed by atoms with van der Waals surface area (Å²) in [6, 6.07) is 0.426. The summed E-state index contributed by atoms with van der Waals surface area (Å²) in [5.41, 5.74) is -2.29. The first-order valence-electron chi connectivity index (χ1n) is 13.5. The van der Waals surface area contributed by atoms with Crippen LogP contribution in [-0.4, -0.2) is 52.9 Å². The van der Waals surface area contributed by atoms with Crippen LogP contribution in [-0.2, 0) is 11.3 Å². The second-order valence-corrected chi connectivity index (χ2v) is 10.9. The van der Waals surface area contributed by atoms with Gasteiger partial charge >= 0.3 is 0 Å². The lowest BCUT2D eigenvalue weighted by molar-refractivity contribution is -0.119. The number of carbonyl (C=O) groups is 3. The second kappa shape index (κ2) is 10.6. The summed E-state index contributed by atoms with van der Waals surface area (Å²) < 4.78 is 49.1. The van der Waals surface area contributed by atoms with Crippen molar-refractivity contribution in [3.05, 3.63) is 62.8 Å². The molecule has 214 valence electrons. The number of halogens is 3. The summed E-state index contributed by atoms with van der Waals surface area (Å²) >= 11 is 0. The van der Waals surface area contributed by atoms with Crippen molar-refractivity contribution < 1.29 is 32.3 Å². The summed E-state index contributed by atoms with van der Waals surface area (Å²) in [6.45, 7) is 4.03. The van der Waals surface area contributed by atoms with Crippen molar-refractivity contribution in [2.24, 2.45) is 5.41 Å². The molecule has 9 nitrogen and oxygen atoms in total. The maximum atomic E-state index is 14.2. The van der Waals surface area contributed by atoms with E-state index in [9.17, 15) is 32.3 Å². The van der Waals surface area contributed by atoms with E-state index < -0.39 is 58.3 Å². The molecule has 5 rings (SSSR count). The molecule has 0 radical (unpaired) electrons. The monoisotopic (exact) mass is 560 g/mol. The second-order valence-electron chi connectivity index (χ2n) is 10.9. The van der Waals surface area contributed by atoms with Crippen LogP contribution in [0.15, 0.2) is 23.1 Å². The van der Waals surface area contributed by atoms with Crippen molar-refractivity contribution in [3.8, 4) is 5.75 Å². The first-order chi connectivity index (χ1) is 19.1. The zero-order valence-electron chi connectivity index (χ0n) is 22.3. The first-order valence-corrected chi connectivity index (χ1v) is 13.5. The molecular weight excluding hydrogens is 529 g/mol. The summed E-state index contributed by atoms with van der Waals surface area (Å²) in [4.78, 5) is 54.7. The number of hydrogen-bond donors (Lipinski definition) is 2. The zero-order valence-corrected chi connectivity index (χ0v) is 22.3. The number of hydrogen-bond acceptors (Lipinski definition) is 5. The van der Waals surface area contributed by atoms with Crippen LogP contribution < -0.4 is 20.8 Å². The molecule has 1 aromatic carbocycles. The molecule has 3 amide bonds. The number of fused-ring (bicyclic) bond motifs is 5. The number of rotatable bonds is 7. The van der Waals surface area contributed by atoms with Crippen LogP contribution in [0.3, 0.4) is 0 Å². The van der Waals surface area contributed by atoms with Gasteiger partial charge in [-0.2, -0.15) is 0 Å². The molecule has 4 heterocycles. The minimum Gasteiger partial charge on any atom is -0.487 e. The molecule has 3 aliphatic rings. The highest BCUT2D eigenvalue weighted by atomic mass is 19.1. The number of carbonyl (C=O) groups excluding carboxylic acids is 3. The Hall–Kier alpha value is -3.83. The summed E-state index contributed by atoms with van der Waals surface area (Å²) in [5, 5.41) is 5.24. The summed E-state index contributed by atoms with van der Waals surface area (Å²) in [6.07, 6.45) is 4.17. The Bertz CT molecular complexity index is 1420. The molecule has 3 atom stereocenters. The van der Waals surface area contributed by atoms with Crippen molar-refractivity contribution >= 4 is 17.7 Å². The van der Waals surface area contributed by atoms with Crippen molar-refractivity contribution in [1.82, 2.24) is 20.1 Å². The Morgan fingerprint density at radius 2 is 1.93 bits per heavy atom. The molecule has 12 heteroatoms. The molecule has 0 aliphatic carbocycles. The molecule has 2 N–H and O–H groups in total. The van der Waals surface area contributed by atoms with Gasteiger partial charge in [-0.05, 0) is 26.2 Å². The lowest BCUT2D eigenvalue weighted by Gasteiger charge is -2.43. The van der Waals surface area contributed by atoms with E-state index in [2.05, 4.69) is 10.6 Å². The van der Waals surface area contributed by atoms with Gasteiger partial charge < -0.3 is 24.8 Å². The van der Waals surface area contributed by atoms with Gasteiger partial charge in [0.2, 0.25) is 11.3 Å². The lowest BCUT2D eigenvalue weighted by Crippen LogP contribution is -2.51. The Labute approximate surface area is 228 Å². The molecule has 40 heavy (non-hydrogen) atoms. The highest BCUT2D eigenvalue weighted by Gasteiger charge is 2.52. The Kier molecular flexibility index (Phi) is 7.36. The summed E-state index contributed by atoms with van der Waals surface area (Å²) in [5.74, 6) is -5.16. The number of aromatic nitrogens is 1. The molecule has 0 saturated carbocycles. The molecule has 1 spiro atoms. The Balaban J connectivity index is 1.60. The van der Waals surface area contributed by atoms with Gasteiger partial charge in [-0.25, -0.2) is 13.2 Å². The minimum absolute atomic E-state index is 0.0250. The van der Waals surface area contributed by atoms with E-state index in [0.29, 0.717) is 37.9 Å². The van der Waals surface area contributed by atoms with Crippen molar-refractivity contribution in [2.75, 3.05) is 19.7 Å². The normalized spacial score (nSPS) is 23.6. The molecule has 2 bridgehead atoms. The highest BCUT2D eigenvalue weighted by molar-refractivity contribution is 5.99. The average Bonchev–Trinajstić information content (AvgIpc) is 3.23. The predicted octanol–water partition coefficient (Wildman–Crippen LogP) is 3.06. The van der Waals surface area contributed by atoms with E-state index in [1.54, 1.807) is 9.47 Å². The molecule has 0 unspecified atom stereocenters. The molecule has 2 aromatic rings. The van der Waals surface area contributed by atoms with E-state index >= 15 is 0 Å². The third-order valence-electron chi connectivity index (χ3n) is 8.33. The molecule has 1 aromatic heterocycles. The van der Waals surface area contributed by atoms with Gasteiger partial charge in [0.15, 0.2) is 11.4 Å². The fraction of sp³-hybridized carbons (Fsp3) is 0.500.